The van der Waals surface area contributed by atoms with Crippen LogP contribution >= 0.6 is 0 Å². The molecular formula is C20H35N. The van der Waals surface area contributed by atoms with Gasteiger partial charge >= 0.3 is 0 Å². The fourth-order valence-electron chi connectivity index (χ4n) is 6.12. The molecule has 0 spiro atoms. The number of rotatable bonds is 8. The van der Waals surface area contributed by atoms with Gasteiger partial charge in [-0.1, -0.05) is 26.0 Å². The summed E-state index contributed by atoms with van der Waals surface area (Å²) in [5.74, 6) is 3.24. The molecule has 0 aromatic heterocycles. The summed E-state index contributed by atoms with van der Waals surface area (Å²) >= 11 is 0. The van der Waals surface area contributed by atoms with Crippen LogP contribution in [0.15, 0.2) is 12.2 Å². The minimum Gasteiger partial charge on any atom is -0.314 e. The van der Waals surface area contributed by atoms with Crippen molar-refractivity contribution in [2.75, 3.05) is 6.54 Å². The Bertz CT molecular complexity index is 335. The Hall–Kier alpha value is -0.300. The van der Waals surface area contributed by atoms with E-state index in [4.69, 9.17) is 0 Å². The molecule has 120 valence electrons. The van der Waals surface area contributed by atoms with Gasteiger partial charge in [0.05, 0.1) is 0 Å². The van der Waals surface area contributed by atoms with Gasteiger partial charge in [0, 0.05) is 6.04 Å². The lowest BCUT2D eigenvalue weighted by atomic mass is 9.48. The maximum Gasteiger partial charge on any atom is 0.0109 e. The summed E-state index contributed by atoms with van der Waals surface area (Å²) in [7, 11) is 0. The van der Waals surface area contributed by atoms with E-state index in [0.29, 0.717) is 11.5 Å². The van der Waals surface area contributed by atoms with Gasteiger partial charge in [0.25, 0.3) is 0 Å². The SMILES string of the molecule is C=C(CC)CC(CC12CC3CC(CC(C3)C1)C2)NCCC. The van der Waals surface area contributed by atoms with Crippen molar-refractivity contribution in [1.29, 1.82) is 0 Å². The molecule has 21 heavy (non-hydrogen) atoms. The zero-order chi connectivity index (χ0) is 14.9. The molecule has 4 bridgehead atoms. The van der Waals surface area contributed by atoms with Crippen molar-refractivity contribution in [3.63, 3.8) is 0 Å². The molecule has 0 amide bonds. The van der Waals surface area contributed by atoms with E-state index in [-0.39, 0.29) is 0 Å². The van der Waals surface area contributed by atoms with Crippen LogP contribution in [0.1, 0.15) is 78.1 Å². The van der Waals surface area contributed by atoms with E-state index in [1.54, 1.807) is 38.5 Å². The molecular weight excluding hydrogens is 254 g/mol. The van der Waals surface area contributed by atoms with Crippen LogP contribution in [-0.2, 0) is 0 Å². The van der Waals surface area contributed by atoms with Crippen molar-refractivity contribution in [1.82, 2.24) is 5.32 Å². The summed E-state index contributed by atoms with van der Waals surface area (Å²) in [5, 5.41) is 3.85. The van der Waals surface area contributed by atoms with Gasteiger partial charge in [-0.3, -0.25) is 0 Å². The summed E-state index contributed by atoms with van der Waals surface area (Å²) in [6, 6.07) is 0.689. The first-order valence-corrected chi connectivity index (χ1v) is 9.52. The summed E-state index contributed by atoms with van der Waals surface area (Å²) in [6.45, 7) is 9.99. The highest BCUT2D eigenvalue weighted by Gasteiger charge is 2.51. The zero-order valence-electron chi connectivity index (χ0n) is 14.3. The molecule has 1 unspecified atom stereocenters. The minimum absolute atomic E-state index is 0.689. The molecule has 4 saturated carbocycles. The Labute approximate surface area is 132 Å². The van der Waals surface area contributed by atoms with E-state index in [9.17, 15) is 0 Å². The molecule has 4 aliphatic rings. The second kappa shape index (κ2) is 6.44. The molecule has 4 aliphatic carbocycles. The summed E-state index contributed by atoms with van der Waals surface area (Å²) in [6.07, 6.45) is 14.3. The van der Waals surface area contributed by atoms with Gasteiger partial charge < -0.3 is 5.32 Å². The first-order chi connectivity index (χ1) is 10.1. The van der Waals surface area contributed by atoms with Gasteiger partial charge in [-0.15, -0.1) is 0 Å². The van der Waals surface area contributed by atoms with Crippen molar-refractivity contribution in [3.05, 3.63) is 12.2 Å². The quantitative estimate of drug-likeness (QED) is 0.596. The lowest BCUT2D eigenvalue weighted by Crippen LogP contribution is -2.49. The van der Waals surface area contributed by atoms with Crippen molar-refractivity contribution in [3.8, 4) is 0 Å². The van der Waals surface area contributed by atoms with Gasteiger partial charge in [-0.05, 0) is 93.9 Å². The standard InChI is InChI=1S/C20H35N/c1-4-6-21-19(7-15(3)5-2)14-20-11-16-8-17(12-20)10-18(9-16)13-20/h16-19,21H,3-14H2,1-2H3. The third-order valence-corrected chi connectivity index (χ3v) is 6.56. The molecule has 1 nitrogen and oxygen atoms in total. The number of hydrogen-bond acceptors (Lipinski definition) is 1. The first kappa shape index (κ1) is 15.6. The molecule has 4 rings (SSSR count). The van der Waals surface area contributed by atoms with Crippen LogP contribution in [0.5, 0.6) is 0 Å². The Morgan fingerprint density at radius 3 is 2.14 bits per heavy atom. The average Bonchev–Trinajstić information content (AvgIpc) is 2.42. The second-order valence-electron chi connectivity index (χ2n) is 8.58. The topological polar surface area (TPSA) is 12.0 Å². The van der Waals surface area contributed by atoms with E-state index < -0.39 is 0 Å². The van der Waals surface area contributed by atoms with Crippen LogP contribution in [0, 0.1) is 23.2 Å². The average molecular weight is 290 g/mol. The lowest BCUT2D eigenvalue weighted by molar-refractivity contribution is -0.0619. The van der Waals surface area contributed by atoms with E-state index in [1.165, 1.54) is 31.4 Å². The third kappa shape index (κ3) is 3.55. The normalized spacial score (nSPS) is 38.7. The van der Waals surface area contributed by atoms with Crippen LogP contribution in [0.3, 0.4) is 0 Å². The minimum atomic E-state index is 0.689. The molecule has 0 aromatic rings. The maximum atomic E-state index is 4.28. The van der Waals surface area contributed by atoms with Crippen molar-refractivity contribution < 1.29 is 0 Å². The lowest BCUT2D eigenvalue weighted by Gasteiger charge is -2.57. The van der Waals surface area contributed by atoms with Gasteiger partial charge in [0.1, 0.15) is 0 Å². The molecule has 0 aliphatic heterocycles. The molecule has 1 atom stereocenters. The monoisotopic (exact) mass is 289 g/mol. The predicted octanol–water partition coefficient (Wildman–Crippen LogP) is 5.32. The summed E-state index contributed by atoms with van der Waals surface area (Å²) in [5.41, 5.74) is 2.14. The fraction of sp³-hybridized carbons (Fsp3) is 0.900. The third-order valence-electron chi connectivity index (χ3n) is 6.56. The van der Waals surface area contributed by atoms with Crippen LogP contribution in [0.4, 0.5) is 0 Å². The molecule has 0 radical (unpaired) electrons. The van der Waals surface area contributed by atoms with E-state index in [1.807, 2.05) is 0 Å². The zero-order valence-corrected chi connectivity index (χ0v) is 14.3. The van der Waals surface area contributed by atoms with E-state index >= 15 is 0 Å². The van der Waals surface area contributed by atoms with Gasteiger partial charge in [-0.2, -0.15) is 0 Å². The maximum absolute atomic E-state index is 4.28. The van der Waals surface area contributed by atoms with Crippen LogP contribution in [-0.4, -0.2) is 12.6 Å². The summed E-state index contributed by atoms with van der Waals surface area (Å²) in [4.78, 5) is 0. The van der Waals surface area contributed by atoms with Crippen LogP contribution in [0.2, 0.25) is 0 Å². The molecule has 0 aromatic carbocycles. The Morgan fingerprint density at radius 2 is 1.67 bits per heavy atom. The number of hydrogen-bond donors (Lipinski definition) is 1. The Kier molecular flexibility index (Phi) is 4.78. The molecule has 0 saturated heterocycles. The van der Waals surface area contributed by atoms with Crippen LogP contribution in [0.25, 0.3) is 0 Å². The highest BCUT2D eigenvalue weighted by molar-refractivity contribution is 5.05. The van der Waals surface area contributed by atoms with Crippen molar-refractivity contribution in [2.24, 2.45) is 23.2 Å². The van der Waals surface area contributed by atoms with Crippen molar-refractivity contribution >= 4 is 0 Å². The first-order valence-electron chi connectivity index (χ1n) is 9.52. The molecule has 0 heterocycles. The van der Waals surface area contributed by atoms with Gasteiger partial charge in [-0.25, -0.2) is 0 Å². The predicted molar refractivity (Wildman–Crippen MR) is 91.4 cm³/mol. The number of nitrogens with one attached hydrogen (secondary N) is 1. The molecule has 4 fully saturated rings. The Balaban J connectivity index is 1.65. The second-order valence-corrected chi connectivity index (χ2v) is 8.58. The highest BCUT2D eigenvalue weighted by atomic mass is 14.9. The highest BCUT2D eigenvalue weighted by Crippen LogP contribution is 2.61. The van der Waals surface area contributed by atoms with Crippen molar-refractivity contribution in [2.45, 2.75) is 84.1 Å². The molecule has 1 N–H and O–H groups in total. The van der Waals surface area contributed by atoms with Gasteiger partial charge in [0.15, 0.2) is 0 Å². The van der Waals surface area contributed by atoms with E-state index in [2.05, 4.69) is 25.7 Å². The van der Waals surface area contributed by atoms with E-state index in [0.717, 1.165) is 24.2 Å². The summed E-state index contributed by atoms with van der Waals surface area (Å²) < 4.78 is 0. The van der Waals surface area contributed by atoms with Crippen LogP contribution < -0.4 is 5.32 Å². The Morgan fingerprint density at radius 1 is 1.10 bits per heavy atom. The molecule has 1 heteroatoms. The van der Waals surface area contributed by atoms with Gasteiger partial charge in [0.2, 0.25) is 0 Å². The fourth-order valence-corrected chi connectivity index (χ4v) is 6.12. The smallest absolute Gasteiger partial charge is 0.0109 e. The largest absolute Gasteiger partial charge is 0.314 e.